The topological polar surface area (TPSA) is 51.0 Å². The molecule has 1 atom stereocenters. The molecule has 1 heterocycles. The Bertz CT molecular complexity index is 323. The van der Waals surface area contributed by atoms with Crippen LogP contribution >= 0.6 is 11.8 Å². The molecule has 1 rings (SSSR count). The van der Waals surface area contributed by atoms with Crippen LogP contribution in [0.3, 0.4) is 0 Å². The Morgan fingerprint density at radius 2 is 2.29 bits per heavy atom. The molecule has 1 aromatic rings. The maximum Gasteiger partial charge on any atom is 0.235 e. The SMILES string of the molecule is C[C@@H](Sc1ncnn1C)C(=O)N(C)C. The quantitative estimate of drug-likeness (QED) is 0.683. The molecule has 0 aliphatic heterocycles. The summed E-state index contributed by atoms with van der Waals surface area (Å²) in [5, 5.41) is 4.56. The summed E-state index contributed by atoms with van der Waals surface area (Å²) in [7, 11) is 5.30. The predicted molar refractivity (Wildman–Crippen MR) is 55.0 cm³/mol. The van der Waals surface area contributed by atoms with Gasteiger partial charge in [0.25, 0.3) is 0 Å². The van der Waals surface area contributed by atoms with E-state index in [0.717, 1.165) is 5.16 Å². The molecule has 0 aromatic carbocycles. The van der Waals surface area contributed by atoms with E-state index >= 15 is 0 Å². The van der Waals surface area contributed by atoms with Crippen molar-refractivity contribution in [2.75, 3.05) is 14.1 Å². The Labute approximate surface area is 87.5 Å². The van der Waals surface area contributed by atoms with Gasteiger partial charge in [0.1, 0.15) is 6.33 Å². The monoisotopic (exact) mass is 214 g/mol. The Morgan fingerprint density at radius 1 is 1.64 bits per heavy atom. The van der Waals surface area contributed by atoms with E-state index in [0.29, 0.717) is 0 Å². The number of carbonyl (C=O) groups is 1. The van der Waals surface area contributed by atoms with Gasteiger partial charge in [-0.2, -0.15) is 5.10 Å². The Balaban J connectivity index is 2.62. The van der Waals surface area contributed by atoms with Gasteiger partial charge in [-0.05, 0) is 6.92 Å². The van der Waals surface area contributed by atoms with E-state index in [1.807, 2.05) is 14.0 Å². The van der Waals surface area contributed by atoms with Crippen molar-refractivity contribution in [3.8, 4) is 0 Å². The fourth-order valence-electron chi connectivity index (χ4n) is 0.964. The number of thioether (sulfide) groups is 1. The molecule has 0 saturated carbocycles. The fourth-order valence-corrected chi connectivity index (χ4v) is 1.90. The summed E-state index contributed by atoms with van der Waals surface area (Å²) in [4.78, 5) is 17.1. The molecule has 0 fully saturated rings. The maximum absolute atomic E-state index is 11.5. The van der Waals surface area contributed by atoms with Crippen LogP contribution in [0.5, 0.6) is 0 Å². The van der Waals surface area contributed by atoms with Gasteiger partial charge in [0.2, 0.25) is 5.91 Å². The van der Waals surface area contributed by atoms with Gasteiger partial charge in [-0.1, -0.05) is 11.8 Å². The van der Waals surface area contributed by atoms with Gasteiger partial charge in [0.05, 0.1) is 5.25 Å². The maximum atomic E-state index is 11.5. The molecule has 1 amide bonds. The number of hydrogen-bond acceptors (Lipinski definition) is 4. The van der Waals surface area contributed by atoms with Crippen molar-refractivity contribution in [2.24, 2.45) is 7.05 Å². The fraction of sp³-hybridized carbons (Fsp3) is 0.625. The van der Waals surface area contributed by atoms with Crippen LogP contribution in [0.4, 0.5) is 0 Å². The van der Waals surface area contributed by atoms with Crippen molar-refractivity contribution >= 4 is 17.7 Å². The number of carbonyl (C=O) groups excluding carboxylic acids is 1. The van der Waals surface area contributed by atoms with E-state index in [2.05, 4.69) is 10.1 Å². The molecule has 0 spiro atoms. The number of nitrogens with zero attached hydrogens (tertiary/aromatic N) is 4. The summed E-state index contributed by atoms with van der Waals surface area (Å²) in [5.74, 6) is 0.0815. The number of rotatable bonds is 3. The molecule has 0 aliphatic carbocycles. The Hall–Kier alpha value is -1.04. The lowest BCUT2D eigenvalue weighted by atomic mass is 10.4. The summed E-state index contributed by atoms with van der Waals surface area (Å²) in [6.45, 7) is 1.86. The summed E-state index contributed by atoms with van der Waals surface area (Å²) in [5.41, 5.74) is 0. The van der Waals surface area contributed by atoms with E-state index < -0.39 is 0 Å². The zero-order valence-electron chi connectivity index (χ0n) is 8.76. The standard InChI is InChI=1S/C8H14N4OS/c1-6(7(13)11(2)3)14-8-9-5-10-12(8)4/h5-6H,1-4H3/t6-/m1/s1. The third-order valence-electron chi connectivity index (χ3n) is 1.74. The van der Waals surface area contributed by atoms with Crippen LogP contribution < -0.4 is 0 Å². The van der Waals surface area contributed by atoms with Crippen molar-refractivity contribution in [3.63, 3.8) is 0 Å². The zero-order valence-corrected chi connectivity index (χ0v) is 9.58. The van der Waals surface area contributed by atoms with Crippen LogP contribution in [0.15, 0.2) is 11.5 Å². The highest BCUT2D eigenvalue weighted by Gasteiger charge is 2.18. The number of aryl methyl sites for hydroxylation is 1. The first-order chi connectivity index (χ1) is 6.52. The van der Waals surface area contributed by atoms with E-state index in [1.165, 1.54) is 18.1 Å². The second-order valence-corrected chi connectivity index (χ2v) is 4.47. The van der Waals surface area contributed by atoms with Gasteiger partial charge in [0.15, 0.2) is 5.16 Å². The lowest BCUT2D eigenvalue weighted by Gasteiger charge is -2.15. The first-order valence-electron chi connectivity index (χ1n) is 4.24. The van der Waals surface area contributed by atoms with Gasteiger partial charge in [-0.3, -0.25) is 4.79 Å². The number of aromatic nitrogens is 3. The molecule has 0 radical (unpaired) electrons. The smallest absolute Gasteiger partial charge is 0.235 e. The highest BCUT2D eigenvalue weighted by Crippen LogP contribution is 2.20. The minimum atomic E-state index is -0.132. The van der Waals surface area contributed by atoms with Crippen molar-refractivity contribution in [2.45, 2.75) is 17.3 Å². The minimum Gasteiger partial charge on any atom is -0.348 e. The molecular formula is C8H14N4OS. The van der Waals surface area contributed by atoms with Gasteiger partial charge >= 0.3 is 0 Å². The lowest BCUT2D eigenvalue weighted by Crippen LogP contribution is -2.29. The normalized spacial score (nSPS) is 12.6. The third-order valence-corrected chi connectivity index (χ3v) is 2.88. The molecule has 0 saturated heterocycles. The highest BCUT2D eigenvalue weighted by molar-refractivity contribution is 8.00. The molecule has 78 valence electrons. The third kappa shape index (κ3) is 2.47. The average molecular weight is 214 g/mol. The van der Waals surface area contributed by atoms with E-state index in [1.54, 1.807) is 23.7 Å². The van der Waals surface area contributed by atoms with Crippen LogP contribution in [-0.4, -0.2) is 44.9 Å². The molecule has 0 N–H and O–H groups in total. The van der Waals surface area contributed by atoms with Gasteiger partial charge in [0, 0.05) is 21.1 Å². The van der Waals surface area contributed by atoms with Crippen molar-refractivity contribution < 1.29 is 4.79 Å². The van der Waals surface area contributed by atoms with Crippen LogP contribution in [-0.2, 0) is 11.8 Å². The molecule has 0 bridgehead atoms. The summed E-state index contributed by atoms with van der Waals surface area (Å²) in [6.07, 6.45) is 1.48. The molecule has 5 nitrogen and oxygen atoms in total. The van der Waals surface area contributed by atoms with E-state index in [4.69, 9.17) is 0 Å². The van der Waals surface area contributed by atoms with Crippen LogP contribution in [0.2, 0.25) is 0 Å². The Kier molecular flexibility index (Phi) is 3.51. The van der Waals surface area contributed by atoms with Crippen LogP contribution in [0.1, 0.15) is 6.92 Å². The average Bonchev–Trinajstić information content (AvgIpc) is 2.50. The largest absolute Gasteiger partial charge is 0.348 e. The van der Waals surface area contributed by atoms with Crippen molar-refractivity contribution in [3.05, 3.63) is 6.33 Å². The highest BCUT2D eigenvalue weighted by atomic mass is 32.2. The summed E-state index contributed by atoms with van der Waals surface area (Å²) < 4.78 is 1.66. The molecule has 1 aromatic heterocycles. The van der Waals surface area contributed by atoms with E-state index in [-0.39, 0.29) is 11.2 Å². The molecule has 6 heteroatoms. The van der Waals surface area contributed by atoms with Gasteiger partial charge in [-0.25, -0.2) is 9.67 Å². The van der Waals surface area contributed by atoms with Gasteiger partial charge in [-0.15, -0.1) is 0 Å². The van der Waals surface area contributed by atoms with Crippen molar-refractivity contribution in [1.82, 2.24) is 19.7 Å². The lowest BCUT2D eigenvalue weighted by molar-refractivity contribution is -0.127. The number of hydrogen-bond donors (Lipinski definition) is 0. The van der Waals surface area contributed by atoms with Crippen LogP contribution in [0, 0.1) is 0 Å². The molecular weight excluding hydrogens is 200 g/mol. The molecule has 0 unspecified atom stereocenters. The number of amides is 1. The second-order valence-electron chi connectivity index (χ2n) is 3.16. The second kappa shape index (κ2) is 4.45. The molecule has 14 heavy (non-hydrogen) atoms. The zero-order chi connectivity index (χ0) is 10.7. The van der Waals surface area contributed by atoms with Crippen molar-refractivity contribution in [1.29, 1.82) is 0 Å². The van der Waals surface area contributed by atoms with Crippen LogP contribution in [0.25, 0.3) is 0 Å². The molecule has 0 aliphatic rings. The predicted octanol–water partition coefficient (Wildman–Crippen LogP) is 0.384. The van der Waals surface area contributed by atoms with Gasteiger partial charge < -0.3 is 4.90 Å². The first kappa shape index (κ1) is 11.0. The van der Waals surface area contributed by atoms with E-state index in [9.17, 15) is 4.79 Å². The minimum absolute atomic E-state index is 0.0815. The Morgan fingerprint density at radius 3 is 2.71 bits per heavy atom. The summed E-state index contributed by atoms with van der Waals surface area (Å²) >= 11 is 1.41. The summed E-state index contributed by atoms with van der Waals surface area (Å²) in [6, 6.07) is 0. The first-order valence-corrected chi connectivity index (χ1v) is 5.12.